The van der Waals surface area contributed by atoms with Crippen LogP contribution in [0.2, 0.25) is 0 Å². The highest BCUT2D eigenvalue weighted by Gasteiger charge is 2.46. The van der Waals surface area contributed by atoms with Gasteiger partial charge in [-0.1, -0.05) is 18.1 Å². The van der Waals surface area contributed by atoms with Gasteiger partial charge in [-0.05, 0) is 73.5 Å². The largest absolute Gasteiger partial charge is 0.496 e. The summed E-state index contributed by atoms with van der Waals surface area (Å²) in [5, 5.41) is 0. The highest BCUT2D eigenvalue weighted by molar-refractivity contribution is 5.66. The molecular weight excluding hydrogens is 284 g/mol. The highest BCUT2D eigenvalue weighted by Crippen LogP contribution is 2.57. The molecule has 0 aliphatic heterocycles. The Morgan fingerprint density at radius 1 is 1.13 bits per heavy atom. The average Bonchev–Trinajstić information content (AvgIpc) is 2.56. The van der Waals surface area contributed by atoms with Gasteiger partial charge in [0.1, 0.15) is 18.1 Å². The van der Waals surface area contributed by atoms with Crippen LogP contribution in [0.5, 0.6) is 5.75 Å². The van der Waals surface area contributed by atoms with E-state index in [0.717, 1.165) is 40.7 Å². The van der Waals surface area contributed by atoms with Crippen LogP contribution in [0.15, 0.2) is 29.8 Å². The molecule has 0 spiro atoms. The first-order valence-electron chi connectivity index (χ1n) is 8.73. The summed E-state index contributed by atoms with van der Waals surface area (Å²) >= 11 is 0. The predicted molar refractivity (Wildman–Crippen MR) is 91.7 cm³/mol. The summed E-state index contributed by atoms with van der Waals surface area (Å²) in [7, 11) is 1.81. The standard InChI is InChI=1S/C21H24O2/c1-3-7-23-19-6-4-5-16(13-19)21(22-2)20-17-9-14-8-15(11-17)12-18(20)10-14/h1,4-6,13-15,17-18H,7-12H2,2H3. The topological polar surface area (TPSA) is 18.5 Å². The number of ether oxygens (including phenoxy) is 2. The van der Waals surface area contributed by atoms with E-state index >= 15 is 0 Å². The Kier molecular flexibility index (Phi) is 3.81. The molecule has 0 atom stereocenters. The van der Waals surface area contributed by atoms with Gasteiger partial charge in [-0.2, -0.15) is 0 Å². The molecule has 2 nitrogen and oxygen atoms in total. The van der Waals surface area contributed by atoms with Crippen LogP contribution >= 0.6 is 0 Å². The fourth-order valence-corrected chi connectivity index (χ4v) is 5.32. The summed E-state index contributed by atoms with van der Waals surface area (Å²) in [5.41, 5.74) is 2.71. The van der Waals surface area contributed by atoms with E-state index in [9.17, 15) is 0 Å². The van der Waals surface area contributed by atoms with Crippen LogP contribution in [-0.4, -0.2) is 13.7 Å². The summed E-state index contributed by atoms with van der Waals surface area (Å²) in [5.74, 6) is 7.82. The molecule has 0 amide bonds. The maximum absolute atomic E-state index is 5.91. The number of rotatable bonds is 4. The number of benzene rings is 1. The second-order valence-corrected chi connectivity index (χ2v) is 7.31. The quantitative estimate of drug-likeness (QED) is 0.602. The molecule has 4 aliphatic rings. The first kappa shape index (κ1) is 14.7. The maximum Gasteiger partial charge on any atom is 0.148 e. The molecule has 1 aromatic rings. The van der Waals surface area contributed by atoms with Gasteiger partial charge in [0.15, 0.2) is 0 Å². The fraction of sp³-hybridized carbons (Fsp3) is 0.524. The minimum Gasteiger partial charge on any atom is -0.496 e. The molecule has 0 N–H and O–H groups in total. The summed E-state index contributed by atoms with van der Waals surface area (Å²) in [4.78, 5) is 0. The Balaban J connectivity index is 1.70. The third-order valence-corrected chi connectivity index (χ3v) is 5.90. The van der Waals surface area contributed by atoms with E-state index in [4.69, 9.17) is 15.9 Å². The van der Waals surface area contributed by atoms with Crippen LogP contribution < -0.4 is 4.74 Å². The van der Waals surface area contributed by atoms with Crippen molar-refractivity contribution in [2.24, 2.45) is 23.7 Å². The molecule has 4 saturated carbocycles. The van der Waals surface area contributed by atoms with Crippen molar-refractivity contribution in [3.63, 3.8) is 0 Å². The zero-order valence-corrected chi connectivity index (χ0v) is 13.8. The van der Waals surface area contributed by atoms with Crippen molar-refractivity contribution in [3.8, 4) is 18.1 Å². The van der Waals surface area contributed by atoms with Gasteiger partial charge in [0.2, 0.25) is 0 Å². The van der Waals surface area contributed by atoms with Crippen molar-refractivity contribution in [1.82, 2.24) is 0 Å². The minimum absolute atomic E-state index is 0.303. The van der Waals surface area contributed by atoms with Gasteiger partial charge in [0.05, 0.1) is 7.11 Å². The van der Waals surface area contributed by atoms with Crippen molar-refractivity contribution < 1.29 is 9.47 Å². The number of hydrogen-bond donors (Lipinski definition) is 0. The van der Waals surface area contributed by atoms with Gasteiger partial charge in [-0.15, -0.1) is 6.42 Å². The molecule has 0 heterocycles. The van der Waals surface area contributed by atoms with Crippen molar-refractivity contribution in [3.05, 3.63) is 35.4 Å². The number of hydrogen-bond acceptors (Lipinski definition) is 2. The zero-order chi connectivity index (χ0) is 15.8. The maximum atomic E-state index is 5.91. The third-order valence-electron chi connectivity index (χ3n) is 5.90. The van der Waals surface area contributed by atoms with Gasteiger partial charge in [0.25, 0.3) is 0 Å². The van der Waals surface area contributed by atoms with Gasteiger partial charge < -0.3 is 9.47 Å². The second-order valence-electron chi connectivity index (χ2n) is 7.31. The van der Waals surface area contributed by atoms with Gasteiger partial charge in [-0.3, -0.25) is 0 Å². The Hall–Kier alpha value is -1.88. The molecule has 0 radical (unpaired) electrons. The Bertz CT molecular complexity index is 635. The lowest BCUT2D eigenvalue weighted by molar-refractivity contribution is 0.0675. The monoisotopic (exact) mass is 308 g/mol. The predicted octanol–water partition coefficient (Wildman–Crippen LogP) is 4.51. The van der Waals surface area contributed by atoms with Crippen LogP contribution in [-0.2, 0) is 4.74 Å². The molecule has 23 heavy (non-hydrogen) atoms. The van der Waals surface area contributed by atoms with Crippen molar-refractivity contribution in [2.45, 2.75) is 32.1 Å². The molecule has 2 heteroatoms. The molecule has 0 aromatic heterocycles. The average molecular weight is 308 g/mol. The fourth-order valence-electron chi connectivity index (χ4n) is 5.32. The van der Waals surface area contributed by atoms with Gasteiger partial charge >= 0.3 is 0 Å². The van der Waals surface area contributed by atoms with E-state index in [1.165, 1.54) is 32.1 Å². The van der Waals surface area contributed by atoms with E-state index in [-0.39, 0.29) is 0 Å². The summed E-state index contributed by atoms with van der Waals surface area (Å²) in [6, 6.07) is 8.17. The first-order valence-corrected chi connectivity index (χ1v) is 8.73. The normalized spacial score (nSPS) is 30.9. The van der Waals surface area contributed by atoms with Crippen LogP contribution in [0.4, 0.5) is 0 Å². The van der Waals surface area contributed by atoms with Crippen molar-refractivity contribution in [1.29, 1.82) is 0 Å². The van der Waals surface area contributed by atoms with E-state index in [1.54, 1.807) is 5.57 Å². The summed E-state index contributed by atoms with van der Waals surface area (Å²) in [6.07, 6.45) is 12.2. The number of terminal acetylenes is 1. The molecule has 0 saturated heterocycles. The molecule has 4 bridgehead atoms. The van der Waals surface area contributed by atoms with Crippen molar-refractivity contribution >= 4 is 5.76 Å². The molecular formula is C21H24O2. The van der Waals surface area contributed by atoms with E-state index < -0.39 is 0 Å². The lowest BCUT2D eigenvalue weighted by atomic mass is 9.54. The summed E-state index contributed by atoms with van der Waals surface area (Å²) in [6.45, 7) is 0.303. The Labute approximate surface area is 138 Å². The molecule has 5 rings (SSSR count). The molecule has 4 fully saturated rings. The van der Waals surface area contributed by atoms with Gasteiger partial charge in [0, 0.05) is 5.56 Å². The lowest BCUT2D eigenvalue weighted by Crippen LogP contribution is -2.40. The molecule has 1 aromatic carbocycles. The SMILES string of the molecule is C#CCOc1cccc(C(OC)=C2C3CC4CC(C3)CC2C4)c1. The smallest absolute Gasteiger partial charge is 0.148 e. The molecule has 4 aliphatic carbocycles. The van der Waals surface area contributed by atoms with E-state index in [1.807, 2.05) is 19.2 Å². The van der Waals surface area contributed by atoms with Crippen LogP contribution in [0, 0.1) is 36.0 Å². The van der Waals surface area contributed by atoms with E-state index in [0.29, 0.717) is 6.61 Å². The molecule has 120 valence electrons. The first-order chi connectivity index (χ1) is 11.3. The van der Waals surface area contributed by atoms with Crippen LogP contribution in [0.25, 0.3) is 5.76 Å². The Morgan fingerprint density at radius 3 is 2.43 bits per heavy atom. The van der Waals surface area contributed by atoms with Crippen LogP contribution in [0.1, 0.15) is 37.7 Å². The highest BCUT2D eigenvalue weighted by atomic mass is 16.5. The van der Waals surface area contributed by atoms with Gasteiger partial charge in [-0.25, -0.2) is 0 Å². The summed E-state index contributed by atoms with van der Waals surface area (Å²) < 4.78 is 11.5. The second kappa shape index (κ2) is 5.96. The zero-order valence-electron chi connectivity index (χ0n) is 13.8. The molecule has 0 unspecified atom stereocenters. The minimum atomic E-state index is 0.303. The van der Waals surface area contributed by atoms with Crippen molar-refractivity contribution in [2.75, 3.05) is 13.7 Å². The van der Waals surface area contributed by atoms with E-state index in [2.05, 4.69) is 18.1 Å². The number of allylic oxidation sites excluding steroid dienone is 1. The number of methoxy groups -OCH3 is 1. The lowest BCUT2D eigenvalue weighted by Gasteiger charge is -2.51. The Morgan fingerprint density at radius 2 is 1.83 bits per heavy atom. The van der Waals surface area contributed by atoms with Crippen LogP contribution in [0.3, 0.4) is 0 Å². The third kappa shape index (κ3) is 2.63.